The van der Waals surface area contributed by atoms with Gasteiger partial charge in [0.1, 0.15) is 11.8 Å². The van der Waals surface area contributed by atoms with Gasteiger partial charge in [-0.15, -0.1) is 0 Å². The van der Waals surface area contributed by atoms with Crippen molar-refractivity contribution in [3.63, 3.8) is 0 Å². The van der Waals surface area contributed by atoms with Crippen LogP contribution < -0.4 is 4.90 Å². The summed E-state index contributed by atoms with van der Waals surface area (Å²) < 4.78 is 23.0. The summed E-state index contributed by atoms with van der Waals surface area (Å²) >= 11 is 0. The molecule has 0 unspecified atom stereocenters. The van der Waals surface area contributed by atoms with Crippen LogP contribution in [0.2, 0.25) is 0 Å². The van der Waals surface area contributed by atoms with Gasteiger partial charge in [-0.1, -0.05) is 26.7 Å². The van der Waals surface area contributed by atoms with Crippen LogP contribution in [0.25, 0.3) is 0 Å². The molecule has 1 atom stereocenters. The van der Waals surface area contributed by atoms with Crippen molar-refractivity contribution in [1.82, 2.24) is 0 Å². The molecule has 1 rings (SSSR count). The molecule has 1 heterocycles. The van der Waals surface area contributed by atoms with E-state index in [0.29, 0.717) is 17.5 Å². The largest absolute Gasteiger partial charge is 0.332 e. The first-order valence-electron chi connectivity index (χ1n) is 6.64. The molecule has 96 valence electrons. The number of nitrogens with one attached hydrogen (secondary N) is 1. The lowest BCUT2D eigenvalue weighted by Crippen LogP contribution is -3.16. The molecule has 0 saturated carbocycles. The van der Waals surface area contributed by atoms with Crippen LogP contribution in [0.5, 0.6) is 0 Å². The maximum atomic E-state index is 11.5. The Morgan fingerprint density at radius 1 is 1.12 bits per heavy atom. The highest BCUT2D eigenvalue weighted by Gasteiger charge is 2.34. The summed E-state index contributed by atoms with van der Waals surface area (Å²) in [5.74, 6) is 0.842. The fourth-order valence-electron chi connectivity index (χ4n) is 2.46. The minimum Gasteiger partial charge on any atom is -0.332 e. The molecule has 0 spiro atoms. The number of rotatable bonds is 7. The molecule has 3 nitrogen and oxygen atoms in total. The van der Waals surface area contributed by atoms with Gasteiger partial charge in [0.15, 0.2) is 9.84 Å². The summed E-state index contributed by atoms with van der Waals surface area (Å²) in [7, 11) is -2.71. The van der Waals surface area contributed by atoms with Gasteiger partial charge in [0.05, 0.1) is 18.8 Å². The highest BCUT2D eigenvalue weighted by molar-refractivity contribution is 7.91. The topological polar surface area (TPSA) is 38.6 Å². The minimum atomic E-state index is -2.71. The van der Waals surface area contributed by atoms with Crippen molar-refractivity contribution in [1.29, 1.82) is 0 Å². The van der Waals surface area contributed by atoms with E-state index in [1.165, 1.54) is 30.6 Å². The summed E-state index contributed by atoms with van der Waals surface area (Å²) in [5.41, 5.74) is 0. The Labute approximate surface area is 100 Å². The third-order valence-electron chi connectivity index (χ3n) is 3.51. The molecule has 1 aliphatic rings. The van der Waals surface area contributed by atoms with Crippen LogP contribution in [-0.4, -0.2) is 39.1 Å². The molecule has 0 radical (unpaired) electrons. The Hall–Kier alpha value is -0.0900. The lowest BCUT2D eigenvalue weighted by molar-refractivity contribution is -0.922. The van der Waals surface area contributed by atoms with E-state index in [-0.39, 0.29) is 0 Å². The van der Waals surface area contributed by atoms with E-state index < -0.39 is 9.84 Å². The van der Waals surface area contributed by atoms with Crippen molar-refractivity contribution < 1.29 is 13.3 Å². The first-order valence-corrected chi connectivity index (χ1v) is 8.46. The van der Waals surface area contributed by atoms with Crippen LogP contribution in [0.3, 0.4) is 0 Å². The molecular weight excluding hydrogens is 222 g/mol. The van der Waals surface area contributed by atoms with Gasteiger partial charge in [-0.05, 0) is 12.8 Å². The number of sulfone groups is 1. The van der Waals surface area contributed by atoms with E-state index in [4.69, 9.17) is 0 Å². The van der Waals surface area contributed by atoms with E-state index in [2.05, 4.69) is 13.8 Å². The predicted molar refractivity (Wildman–Crippen MR) is 67.6 cm³/mol. The van der Waals surface area contributed by atoms with Gasteiger partial charge < -0.3 is 4.90 Å². The van der Waals surface area contributed by atoms with E-state index in [1.807, 2.05) is 0 Å². The average molecular weight is 248 g/mol. The van der Waals surface area contributed by atoms with Crippen molar-refractivity contribution in [2.45, 2.75) is 52.0 Å². The monoisotopic (exact) mass is 248 g/mol. The zero-order chi connectivity index (χ0) is 12.0. The van der Waals surface area contributed by atoms with Gasteiger partial charge in [-0.25, -0.2) is 8.42 Å². The third-order valence-corrected chi connectivity index (χ3v) is 5.28. The van der Waals surface area contributed by atoms with Crippen LogP contribution >= 0.6 is 0 Å². The van der Waals surface area contributed by atoms with Crippen molar-refractivity contribution in [2.75, 3.05) is 24.6 Å². The molecule has 0 aromatic carbocycles. The third kappa shape index (κ3) is 4.42. The van der Waals surface area contributed by atoms with E-state index >= 15 is 0 Å². The van der Waals surface area contributed by atoms with Crippen LogP contribution in [0.15, 0.2) is 0 Å². The maximum absolute atomic E-state index is 11.5. The smallest absolute Gasteiger partial charge is 0.156 e. The van der Waals surface area contributed by atoms with Crippen LogP contribution in [0, 0.1) is 0 Å². The number of hydrogen-bond donors (Lipinski definition) is 1. The van der Waals surface area contributed by atoms with Gasteiger partial charge in [-0.2, -0.15) is 0 Å². The normalized spacial score (nSPS) is 24.1. The Kier molecular flexibility index (Phi) is 5.76. The van der Waals surface area contributed by atoms with E-state index in [1.54, 1.807) is 0 Å². The average Bonchev–Trinajstić information content (AvgIpc) is 2.59. The van der Waals surface area contributed by atoms with Gasteiger partial charge in [0.2, 0.25) is 0 Å². The molecule has 16 heavy (non-hydrogen) atoms. The Bertz CT molecular complexity index is 279. The van der Waals surface area contributed by atoms with Gasteiger partial charge in [-0.3, -0.25) is 0 Å². The van der Waals surface area contributed by atoms with Crippen molar-refractivity contribution >= 4 is 9.84 Å². The maximum Gasteiger partial charge on any atom is 0.156 e. The highest BCUT2D eigenvalue weighted by atomic mass is 32.2. The zero-order valence-electron chi connectivity index (χ0n) is 10.7. The second-order valence-electron chi connectivity index (χ2n) is 4.97. The summed E-state index contributed by atoms with van der Waals surface area (Å²) in [6.07, 6.45) is 5.72. The molecular formula is C12H26NO2S+. The SMILES string of the molecule is CCCC[NH+](CCCC)[C@@H]1CCS(=O)(=O)C1. The Morgan fingerprint density at radius 2 is 1.69 bits per heavy atom. The highest BCUT2D eigenvalue weighted by Crippen LogP contribution is 2.09. The fourth-order valence-corrected chi connectivity index (χ4v) is 4.28. The quantitative estimate of drug-likeness (QED) is 0.719. The molecule has 0 aromatic rings. The standard InChI is InChI=1S/C12H25NO2S/c1-3-5-8-13(9-6-4-2)12-7-10-16(14,15)11-12/h12H,3-11H2,1-2H3/p+1/t12-/m1/s1. The van der Waals surface area contributed by atoms with Gasteiger partial charge >= 0.3 is 0 Å². The molecule has 1 N–H and O–H groups in total. The molecule has 0 aliphatic carbocycles. The zero-order valence-corrected chi connectivity index (χ0v) is 11.5. The summed E-state index contributed by atoms with van der Waals surface area (Å²) in [6.45, 7) is 6.69. The predicted octanol–water partition coefficient (Wildman–Crippen LogP) is 0.659. The second kappa shape index (κ2) is 6.60. The van der Waals surface area contributed by atoms with Gasteiger partial charge in [0.25, 0.3) is 0 Å². The summed E-state index contributed by atoms with van der Waals surface area (Å²) in [4.78, 5) is 1.53. The molecule has 0 bridgehead atoms. The lowest BCUT2D eigenvalue weighted by atomic mass is 10.2. The number of unbranched alkanes of at least 4 members (excludes halogenated alkanes) is 2. The molecule has 0 amide bonds. The molecule has 4 heteroatoms. The first kappa shape index (κ1) is 14.0. The first-order chi connectivity index (χ1) is 7.59. The van der Waals surface area contributed by atoms with Crippen LogP contribution in [-0.2, 0) is 9.84 Å². The summed E-state index contributed by atoms with van der Waals surface area (Å²) in [5, 5.41) is 0. The molecule has 1 fully saturated rings. The Morgan fingerprint density at radius 3 is 2.06 bits per heavy atom. The van der Waals surface area contributed by atoms with E-state index in [0.717, 1.165) is 19.5 Å². The van der Waals surface area contributed by atoms with Crippen molar-refractivity contribution in [3.8, 4) is 0 Å². The van der Waals surface area contributed by atoms with Crippen LogP contribution in [0.4, 0.5) is 0 Å². The van der Waals surface area contributed by atoms with Gasteiger partial charge in [0, 0.05) is 6.42 Å². The van der Waals surface area contributed by atoms with Crippen LogP contribution in [0.1, 0.15) is 46.0 Å². The fraction of sp³-hybridized carbons (Fsp3) is 1.00. The summed E-state index contributed by atoms with van der Waals surface area (Å²) in [6, 6.07) is 0.378. The second-order valence-corrected chi connectivity index (χ2v) is 7.19. The van der Waals surface area contributed by atoms with Crippen molar-refractivity contribution in [3.05, 3.63) is 0 Å². The number of hydrogen-bond acceptors (Lipinski definition) is 2. The minimum absolute atomic E-state index is 0.378. The molecule has 1 saturated heterocycles. The van der Waals surface area contributed by atoms with E-state index in [9.17, 15) is 8.42 Å². The lowest BCUT2D eigenvalue weighted by Gasteiger charge is -2.24. The van der Waals surface area contributed by atoms with Crippen molar-refractivity contribution in [2.24, 2.45) is 0 Å². The Balaban J connectivity index is 2.48. The molecule has 0 aromatic heterocycles. The number of quaternary nitrogens is 1. The molecule has 1 aliphatic heterocycles.